The highest BCUT2D eigenvalue weighted by atomic mass is 19.4. The molecule has 11 heteroatoms. The van der Waals surface area contributed by atoms with Crippen LogP contribution >= 0.6 is 0 Å². The van der Waals surface area contributed by atoms with Crippen LogP contribution in [0.15, 0.2) is 18.2 Å². The van der Waals surface area contributed by atoms with E-state index < -0.39 is 24.1 Å². The van der Waals surface area contributed by atoms with E-state index in [-0.39, 0.29) is 18.2 Å². The highest BCUT2D eigenvalue weighted by molar-refractivity contribution is 6.05. The van der Waals surface area contributed by atoms with Crippen molar-refractivity contribution in [1.29, 1.82) is 0 Å². The van der Waals surface area contributed by atoms with E-state index in [1.54, 1.807) is 11.0 Å². The van der Waals surface area contributed by atoms with Gasteiger partial charge in [-0.3, -0.25) is 19.7 Å². The lowest BCUT2D eigenvalue weighted by molar-refractivity contribution is -0.192. The molecule has 3 rings (SSSR count). The Hall–Kier alpha value is -3.39. The molecule has 0 bridgehead atoms. The Morgan fingerprint density at radius 1 is 1.18 bits per heavy atom. The van der Waals surface area contributed by atoms with Gasteiger partial charge in [-0.2, -0.15) is 13.2 Å². The zero-order valence-electron chi connectivity index (χ0n) is 18.4. The van der Waals surface area contributed by atoms with Crippen LogP contribution in [0.25, 0.3) is 0 Å². The van der Waals surface area contributed by atoms with Crippen molar-refractivity contribution in [3.63, 3.8) is 0 Å². The number of carbonyl (C=O) groups excluding carboxylic acids is 3. The Labute approximate surface area is 194 Å². The predicted molar refractivity (Wildman–Crippen MR) is 115 cm³/mol. The smallest absolute Gasteiger partial charge is 0.475 e. The van der Waals surface area contributed by atoms with Crippen LogP contribution in [0.2, 0.25) is 0 Å². The van der Waals surface area contributed by atoms with Crippen LogP contribution in [-0.4, -0.2) is 52.5 Å². The van der Waals surface area contributed by atoms with Crippen LogP contribution in [0, 0.1) is 11.8 Å². The number of halogens is 3. The monoisotopic (exact) mass is 481 g/mol. The number of nitrogens with zero attached hydrogens (tertiary/aromatic N) is 1. The van der Waals surface area contributed by atoms with Crippen LogP contribution < -0.4 is 11.1 Å². The average molecular weight is 481 g/mol. The van der Waals surface area contributed by atoms with Gasteiger partial charge in [-0.25, -0.2) is 4.79 Å². The van der Waals surface area contributed by atoms with Gasteiger partial charge in [-0.1, -0.05) is 30.7 Å². The van der Waals surface area contributed by atoms with Crippen molar-refractivity contribution in [3.8, 4) is 11.8 Å². The molecule has 1 aromatic rings. The normalized spacial score (nSPS) is 17.2. The number of unbranched alkanes of at least 4 members (excludes halogenated alkanes) is 4. The first-order valence-corrected chi connectivity index (χ1v) is 10.8. The Balaban J connectivity index is 0.000000509. The lowest BCUT2D eigenvalue weighted by Gasteiger charge is -2.29. The lowest BCUT2D eigenvalue weighted by atomic mass is 10.0. The lowest BCUT2D eigenvalue weighted by Crippen LogP contribution is -2.52. The van der Waals surface area contributed by atoms with E-state index in [4.69, 9.17) is 15.6 Å². The van der Waals surface area contributed by atoms with Gasteiger partial charge < -0.3 is 15.7 Å². The number of nitrogens with two attached hydrogens (primary N) is 1. The van der Waals surface area contributed by atoms with Crippen molar-refractivity contribution in [2.45, 2.75) is 63.7 Å². The SMILES string of the molecule is NCCCCCCC#Cc1cccc2c1CN(C1CCC(=O)NC1=O)C2=O.O=C(O)C(F)(F)F. The molecule has 184 valence electrons. The minimum Gasteiger partial charge on any atom is -0.475 e. The topological polar surface area (TPSA) is 130 Å². The maximum Gasteiger partial charge on any atom is 0.490 e. The number of fused-ring (bicyclic) bond motifs is 1. The first-order chi connectivity index (χ1) is 16.1. The molecule has 0 radical (unpaired) electrons. The van der Waals surface area contributed by atoms with E-state index in [1.165, 1.54) is 0 Å². The quantitative estimate of drug-likeness (QED) is 0.325. The molecule has 0 saturated carbocycles. The Bertz CT molecular complexity index is 998. The van der Waals surface area contributed by atoms with Crippen LogP contribution in [-0.2, 0) is 20.9 Å². The van der Waals surface area contributed by atoms with Gasteiger partial charge in [0.05, 0.1) is 0 Å². The molecular formula is C23H26F3N3O5. The summed E-state index contributed by atoms with van der Waals surface area (Å²) in [6.07, 6.45) is 0.719. The van der Waals surface area contributed by atoms with Crippen molar-refractivity contribution in [3.05, 3.63) is 34.9 Å². The van der Waals surface area contributed by atoms with Gasteiger partial charge >= 0.3 is 12.1 Å². The fourth-order valence-electron chi connectivity index (χ4n) is 3.57. The average Bonchev–Trinajstić information content (AvgIpc) is 3.10. The molecule has 2 aliphatic heterocycles. The Morgan fingerprint density at radius 2 is 1.85 bits per heavy atom. The van der Waals surface area contributed by atoms with Gasteiger partial charge in [0, 0.05) is 30.5 Å². The Morgan fingerprint density at radius 3 is 2.47 bits per heavy atom. The van der Waals surface area contributed by atoms with Gasteiger partial charge in [-0.05, 0) is 43.5 Å². The van der Waals surface area contributed by atoms with Crippen molar-refractivity contribution >= 4 is 23.7 Å². The van der Waals surface area contributed by atoms with Crippen molar-refractivity contribution in [2.75, 3.05) is 6.54 Å². The fraction of sp³-hybridized carbons (Fsp3) is 0.478. The highest BCUT2D eigenvalue weighted by Gasteiger charge is 2.40. The second-order valence-corrected chi connectivity index (χ2v) is 7.79. The fourth-order valence-corrected chi connectivity index (χ4v) is 3.57. The van der Waals surface area contributed by atoms with Gasteiger partial charge in [0.1, 0.15) is 6.04 Å². The van der Waals surface area contributed by atoms with E-state index in [1.807, 2.05) is 12.1 Å². The van der Waals surface area contributed by atoms with Crippen LogP contribution in [0.3, 0.4) is 0 Å². The summed E-state index contributed by atoms with van der Waals surface area (Å²) in [4.78, 5) is 46.7. The second kappa shape index (κ2) is 12.2. The summed E-state index contributed by atoms with van der Waals surface area (Å²) in [6, 6.07) is 4.94. The largest absolute Gasteiger partial charge is 0.490 e. The zero-order valence-corrected chi connectivity index (χ0v) is 18.4. The Kier molecular flexibility index (Phi) is 9.62. The maximum absolute atomic E-state index is 12.8. The number of imide groups is 1. The maximum atomic E-state index is 12.8. The molecule has 1 atom stereocenters. The highest BCUT2D eigenvalue weighted by Crippen LogP contribution is 2.29. The number of carboxylic acids is 1. The molecule has 3 amide bonds. The molecule has 34 heavy (non-hydrogen) atoms. The summed E-state index contributed by atoms with van der Waals surface area (Å²) >= 11 is 0. The molecule has 1 aromatic carbocycles. The summed E-state index contributed by atoms with van der Waals surface area (Å²) < 4.78 is 31.7. The number of piperidine rings is 1. The number of benzene rings is 1. The summed E-state index contributed by atoms with van der Waals surface area (Å²) in [5.41, 5.74) is 7.82. The van der Waals surface area contributed by atoms with E-state index in [0.29, 0.717) is 18.5 Å². The number of carbonyl (C=O) groups is 4. The number of aliphatic carboxylic acids is 1. The molecule has 2 aliphatic rings. The number of nitrogens with one attached hydrogen (secondary N) is 1. The van der Waals surface area contributed by atoms with Crippen LogP contribution in [0.1, 0.15) is 66.4 Å². The van der Waals surface area contributed by atoms with Gasteiger partial charge in [-0.15, -0.1) is 0 Å². The summed E-state index contributed by atoms with van der Waals surface area (Å²) in [5, 5.41) is 9.45. The third kappa shape index (κ3) is 7.31. The van der Waals surface area contributed by atoms with Crippen molar-refractivity contribution in [1.82, 2.24) is 10.2 Å². The molecule has 8 nitrogen and oxygen atoms in total. The second-order valence-electron chi connectivity index (χ2n) is 7.79. The van der Waals surface area contributed by atoms with E-state index in [0.717, 1.165) is 49.8 Å². The molecule has 0 aliphatic carbocycles. The molecule has 1 fully saturated rings. The summed E-state index contributed by atoms with van der Waals surface area (Å²) in [7, 11) is 0. The molecule has 1 unspecified atom stereocenters. The summed E-state index contributed by atoms with van der Waals surface area (Å²) in [6.45, 7) is 1.10. The number of alkyl halides is 3. The first-order valence-electron chi connectivity index (χ1n) is 10.8. The van der Waals surface area contributed by atoms with Crippen LogP contribution in [0.5, 0.6) is 0 Å². The zero-order chi connectivity index (χ0) is 25.3. The first kappa shape index (κ1) is 26.9. The number of carboxylic acid groups (broad SMARTS) is 1. The van der Waals surface area contributed by atoms with Gasteiger partial charge in [0.25, 0.3) is 5.91 Å². The van der Waals surface area contributed by atoms with E-state index in [2.05, 4.69) is 17.2 Å². The van der Waals surface area contributed by atoms with E-state index in [9.17, 15) is 27.6 Å². The van der Waals surface area contributed by atoms with Crippen LogP contribution in [0.4, 0.5) is 13.2 Å². The molecule has 4 N–H and O–H groups in total. The molecular weight excluding hydrogens is 455 g/mol. The van der Waals surface area contributed by atoms with Crippen molar-refractivity contribution < 1.29 is 37.5 Å². The minimum absolute atomic E-state index is 0.162. The third-order valence-corrected chi connectivity index (χ3v) is 5.30. The number of hydrogen-bond donors (Lipinski definition) is 3. The molecule has 0 aromatic heterocycles. The molecule has 1 saturated heterocycles. The molecule has 0 spiro atoms. The standard InChI is InChI=1S/C21H25N3O3.C2HF3O2/c22-13-6-4-2-1-3-5-8-15-9-7-10-16-17(15)14-24(21(16)27)18-11-12-19(25)23-20(18)26;3-2(4,5)1(6)7/h7,9-10,18H,1-4,6,11-14,22H2,(H,23,25,26);(H,6,7). The number of rotatable bonds is 6. The van der Waals surface area contributed by atoms with Gasteiger partial charge in [0.2, 0.25) is 11.8 Å². The molecule has 2 heterocycles. The third-order valence-electron chi connectivity index (χ3n) is 5.30. The van der Waals surface area contributed by atoms with Crippen molar-refractivity contribution in [2.24, 2.45) is 5.73 Å². The predicted octanol–water partition coefficient (Wildman–Crippen LogP) is 2.34. The minimum atomic E-state index is -5.08. The number of hydrogen-bond acceptors (Lipinski definition) is 5. The van der Waals surface area contributed by atoms with Gasteiger partial charge in [0.15, 0.2) is 0 Å². The number of amides is 3. The summed E-state index contributed by atoms with van der Waals surface area (Å²) in [5.74, 6) is 2.80. The van der Waals surface area contributed by atoms with E-state index >= 15 is 0 Å².